The summed E-state index contributed by atoms with van der Waals surface area (Å²) in [6, 6.07) is 58.4. The molecule has 1 aliphatic rings. The molecule has 0 unspecified atom stereocenters. The summed E-state index contributed by atoms with van der Waals surface area (Å²) in [6.45, 7) is 38.6. The van der Waals surface area contributed by atoms with Crippen molar-refractivity contribution in [2.24, 2.45) is 0 Å². The van der Waals surface area contributed by atoms with E-state index in [1.54, 1.807) is 5.57 Å². The number of nitrogens with one attached hydrogen (secondary N) is 1. The largest absolute Gasteiger partial charge is 0.317 e. The molecule has 0 radical (unpaired) electrons. The first-order chi connectivity index (χ1) is 37.7. The molecule has 1 N–H and O–H groups in total. The highest BCUT2D eigenvalue weighted by atomic mass is 14.2. The number of fused-ring (bicyclic) bond motifs is 6. The lowest BCUT2D eigenvalue weighted by Crippen LogP contribution is -1.98. The summed E-state index contributed by atoms with van der Waals surface area (Å²) < 4.78 is 0. The monoisotopic (exact) mass is 1030 g/mol. The lowest BCUT2D eigenvalue weighted by molar-refractivity contribution is 0.772. The van der Waals surface area contributed by atoms with Crippen molar-refractivity contribution in [3.05, 3.63) is 245 Å². The van der Waals surface area contributed by atoms with Gasteiger partial charge in [-0.25, -0.2) is 0 Å². The van der Waals surface area contributed by atoms with Gasteiger partial charge in [-0.05, 0) is 141 Å². The molecule has 0 saturated carbocycles. The fraction of sp³-hybridized carbons (Fsp3) is 0.329. The van der Waals surface area contributed by atoms with Crippen LogP contribution in [0.1, 0.15) is 173 Å². The van der Waals surface area contributed by atoms with Crippen LogP contribution in [0.25, 0.3) is 49.0 Å². The van der Waals surface area contributed by atoms with Crippen LogP contribution in [0.5, 0.6) is 0 Å². The molecule has 0 saturated heterocycles. The fourth-order valence-electron chi connectivity index (χ4n) is 9.23. The van der Waals surface area contributed by atoms with Crippen LogP contribution in [0.4, 0.5) is 0 Å². The third kappa shape index (κ3) is 21.6. The summed E-state index contributed by atoms with van der Waals surface area (Å²) in [5, 5.41) is 13.7. The summed E-state index contributed by atoms with van der Waals surface area (Å²) in [5.41, 5.74) is 15.1. The van der Waals surface area contributed by atoms with Crippen LogP contribution < -0.4 is 0 Å². The Balaban J connectivity index is 0.000000565. The van der Waals surface area contributed by atoms with E-state index in [0.29, 0.717) is 5.92 Å². The first kappa shape index (κ1) is 68.2. The Labute approximate surface area is 471 Å². The summed E-state index contributed by atoms with van der Waals surface area (Å²) in [4.78, 5) is 0. The van der Waals surface area contributed by atoms with E-state index in [1.807, 2.05) is 65.8 Å². The van der Waals surface area contributed by atoms with Crippen molar-refractivity contribution in [1.82, 2.24) is 0 Å². The van der Waals surface area contributed by atoms with Gasteiger partial charge < -0.3 is 5.41 Å². The quantitative estimate of drug-likeness (QED) is 0.0758. The second kappa shape index (κ2) is 41.3. The van der Waals surface area contributed by atoms with Gasteiger partial charge in [-0.15, -0.1) is 6.58 Å². The number of benzene rings is 8. The van der Waals surface area contributed by atoms with E-state index < -0.39 is 0 Å². The van der Waals surface area contributed by atoms with Crippen molar-refractivity contribution in [3.8, 4) is 11.1 Å². The maximum absolute atomic E-state index is 5.50. The Hall–Kier alpha value is -6.83. The Bertz CT molecular complexity index is 2890. The molecule has 8 aromatic carbocycles. The summed E-state index contributed by atoms with van der Waals surface area (Å²) >= 11 is 0. The molecule has 77 heavy (non-hydrogen) atoms. The van der Waals surface area contributed by atoms with Gasteiger partial charge in [0.25, 0.3) is 0 Å². The number of aryl methyl sites for hydroxylation is 5. The molecule has 410 valence electrons. The SMILES string of the molecule is C=C[C@H](C)c1cccc2c3ccc(C4=C(CCC)CC=CC=C4)c(C)c3c3cccc(C)c3c12.C=N.CC.CC.CC.CCCCC.CCCc1ccc(-c2ccccc2)cc1.CCc1ccccc1.Cc1ccccc1. The van der Waals surface area contributed by atoms with Crippen LogP contribution in [-0.2, 0) is 12.8 Å². The minimum absolute atomic E-state index is 0.301. The zero-order valence-electron chi connectivity index (χ0n) is 50.8. The van der Waals surface area contributed by atoms with Crippen LogP contribution >= 0.6 is 0 Å². The van der Waals surface area contributed by atoms with E-state index in [9.17, 15) is 0 Å². The Morgan fingerprint density at radius 2 is 1.03 bits per heavy atom. The second-order valence-corrected chi connectivity index (χ2v) is 18.4. The Kier molecular flexibility index (Phi) is 36.6. The molecule has 1 nitrogen and oxygen atoms in total. The minimum atomic E-state index is 0.301. The van der Waals surface area contributed by atoms with Gasteiger partial charge in [0.05, 0.1) is 0 Å². The molecule has 1 atom stereocenters. The van der Waals surface area contributed by atoms with E-state index in [-0.39, 0.29) is 0 Å². The standard InChI is InChI=1S/C34H34.C15H16.C8H10.C7H8.C5H12.3C2H6.CH3N/c1-6-13-25-15-9-8-10-16-28(25)27-20-21-30-29-18-12-17-26(22(3)7-2)34(29)32-23(4)14-11-19-31(32)33(30)24(27)5;1-2-6-13-9-11-15(12-10-13)14-7-4-3-5-8-14;1-2-8-6-4-3-5-7-8;1-7-5-3-2-4-6-7;1-3-5-4-2;4*1-2/h7-12,14,16-22H,2,6,13,15H2,1,3-5H3;3-5,7-12H,2,6H2,1H3;3-7H,2H2,1H3;2-6H,1H3;3-5H2,1-2H3;3*1-2H3;2H,1H2/t22-;;;;;;;;/m0......../s1. The number of unbranched alkanes of at least 4 members (excludes halogenated alkanes) is 2. The number of rotatable bonds is 11. The summed E-state index contributed by atoms with van der Waals surface area (Å²) in [7, 11) is 0. The van der Waals surface area contributed by atoms with Crippen LogP contribution in [0.2, 0.25) is 0 Å². The lowest BCUT2D eigenvalue weighted by atomic mass is 9.83. The van der Waals surface area contributed by atoms with Crippen molar-refractivity contribution in [2.45, 2.75) is 168 Å². The van der Waals surface area contributed by atoms with Crippen LogP contribution in [0.3, 0.4) is 0 Å². The summed E-state index contributed by atoms with van der Waals surface area (Å²) in [5.74, 6) is 0.301. The first-order valence-electron chi connectivity index (χ1n) is 29.3. The second-order valence-electron chi connectivity index (χ2n) is 18.4. The highest BCUT2D eigenvalue weighted by molar-refractivity contribution is 6.28. The summed E-state index contributed by atoms with van der Waals surface area (Å²) in [6.07, 6.45) is 22.0. The zero-order valence-corrected chi connectivity index (χ0v) is 50.8. The van der Waals surface area contributed by atoms with E-state index in [4.69, 9.17) is 5.41 Å². The van der Waals surface area contributed by atoms with E-state index >= 15 is 0 Å². The molecule has 0 fully saturated rings. The zero-order chi connectivity index (χ0) is 57.4. The average Bonchev–Trinajstić information content (AvgIpc) is 3.75. The van der Waals surface area contributed by atoms with Gasteiger partial charge in [0.1, 0.15) is 0 Å². The van der Waals surface area contributed by atoms with Gasteiger partial charge in [0, 0.05) is 0 Å². The molecular formula is C76H101N. The Morgan fingerprint density at radius 1 is 0.494 bits per heavy atom. The normalized spacial score (nSPS) is 11.1. The van der Waals surface area contributed by atoms with E-state index in [0.717, 1.165) is 19.3 Å². The maximum Gasteiger partial charge on any atom is -0.000674 e. The first-order valence-corrected chi connectivity index (χ1v) is 29.3. The predicted octanol–water partition coefficient (Wildman–Crippen LogP) is 24.2. The molecule has 8 aromatic rings. The van der Waals surface area contributed by atoms with E-state index in [2.05, 4.69) is 246 Å². The maximum atomic E-state index is 5.50. The van der Waals surface area contributed by atoms with Crippen LogP contribution in [0.15, 0.2) is 206 Å². The van der Waals surface area contributed by atoms with Gasteiger partial charge in [-0.2, -0.15) is 0 Å². The smallest absolute Gasteiger partial charge is 0.000674 e. The highest BCUT2D eigenvalue weighted by Crippen LogP contribution is 2.43. The van der Waals surface area contributed by atoms with Crippen molar-refractivity contribution in [3.63, 3.8) is 0 Å². The van der Waals surface area contributed by atoms with Gasteiger partial charge in [0.2, 0.25) is 0 Å². The van der Waals surface area contributed by atoms with Gasteiger partial charge in [0.15, 0.2) is 0 Å². The minimum Gasteiger partial charge on any atom is -0.317 e. The lowest BCUT2D eigenvalue weighted by Gasteiger charge is -2.21. The molecule has 9 rings (SSSR count). The van der Waals surface area contributed by atoms with Crippen molar-refractivity contribution >= 4 is 44.6 Å². The molecule has 0 heterocycles. The predicted molar refractivity (Wildman–Crippen MR) is 354 cm³/mol. The molecule has 0 aliphatic heterocycles. The van der Waals surface area contributed by atoms with Gasteiger partial charge in [-0.1, -0.05) is 320 Å². The van der Waals surface area contributed by atoms with E-state index in [1.165, 1.54) is 126 Å². The number of allylic oxidation sites excluding steroid dienone is 7. The molecule has 1 aliphatic carbocycles. The van der Waals surface area contributed by atoms with Crippen LogP contribution in [-0.4, -0.2) is 6.72 Å². The van der Waals surface area contributed by atoms with Crippen molar-refractivity contribution in [2.75, 3.05) is 0 Å². The van der Waals surface area contributed by atoms with Crippen LogP contribution in [0, 0.1) is 26.2 Å². The van der Waals surface area contributed by atoms with Gasteiger partial charge >= 0.3 is 0 Å². The highest BCUT2D eigenvalue weighted by Gasteiger charge is 2.19. The number of hydrogen-bond donors (Lipinski definition) is 1. The molecule has 0 amide bonds. The molecule has 0 bridgehead atoms. The van der Waals surface area contributed by atoms with Crippen molar-refractivity contribution < 1.29 is 0 Å². The molecule has 1 heteroatoms. The fourth-order valence-corrected chi connectivity index (χ4v) is 9.23. The van der Waals surface area contributed by atoms with Gasteiger partial charge in [-0.3, -0.25) is 0 Å². The van der Waals surface area contributed by atoms with Crippen molar-refractivity contribution in [1.29, 1.82) is 5.41 Å². The molecule has 0 aromatic heterocycles. The number of hydrogen-bond acceptors (Lipinski definition) is 1. The third-order valence-corrected chi connectivity index (χ3v) is 13.1. The topological polar surface area (TPSA) is 23.9 Å². The Morgan fingerprint density at radius 3 is 1.53 bits per heavy atom. The average molecular weight is 1030 g/mol. The molecular weight excluding hydrogens is 927 g/mol. The molecule has 0 spiro atoms. The third-order valence-electron chi connectivity index (χ3n) is 13.1.